The molecule has 29 heavy (non-hydrogen) atoms. The number of benzene rings is 2. The fourth-order valence-electron chi connectivity index (χ4n) is 4.81. The van der Waals surface area contributed by atoms with Gasteiger partial charge in [-0.1, -0.05) is 36.4 Å². The van der Waals surface area contributed by atoms with Gasteiger partial charge in [0.1, 0.15) is 5.03 Å². The van der Waals surface area contributed by atoms with Gasteiger partial charge in [0.25, 0.3) is 5.91 Å². The molecule has 3 aliphatic rings. The summed E-state index contributed by atoms with van der Waals surface area (Å²) in [6.45, 7) is 1.04. The van der Waals surface area contributed by atoms with Crippen molar-refractivity contribution in [2.45, 2.75) is 29.4 Å². The first kappa shape index (κ1) is 20.2. The van der Waals surface area contributed by atoms with Crippen LogP contribution in [-0.2, 0) is 0 Å². The van der Waals surface area contributed by atoms with Crippen molar-refractivity contribution in [1.29, 1.82) is 0 Å². The Bertz CT molecular complexity index is 1050. The normalized spacial score (nSPS) is 23.1. The van der Waals surface area contributed by atoms with E-state index in [1.165, 1.54) is 22.5 Å². The Morgan fingerprint density at radius 3 is 2.69 bits per heavy atom. The highest BCUT2D eigenvalue weighted by atomic mass is 35.5. The summed E-state index contributed by atoms with van der Waals surface area (Å²) in [5.41, 5.74) is 1.77. The van der Waals surface area contributed by atoms with E-state index in [-0.39, 0.29) is 29.9 Å². The van der Waals surface area contributed by atoms with Gasteiger partial charge in [0.15, 0.2) is 0 Å². The number of halogens is 1. The minimum Gasteiger partial charge on any atom is -0.343 e. The van der Waals surface area contributed by atoms with Crippen LogP contribution in [0.15, 0.2) is 65.8 Å². The summed E-state index contributed by atoms with van der Waals surface area (Å²) < 4.78 is 0. The molecule has 0 radical (unpaired) electrons. The zero-order chi connectivity index (χ0) is 19.1. The number of hydrogen-bond donors (Lipinski definition) is 2. The van der Waals surface area contributed by atoms with Crippen LogP contribution in [0.25, 0.3) is 10.8 Å². The molecule has 1 unspecified atom stereocenters. The molecule has 2 N–H and O–H groups in total. The molecule has 1 amide bonds. The predicted molar refractivity (Wildman–Crippen MR) is 121 cm³/mol. The molecule has 1 aliphatic carbocycles. The van der Waals surface area contributed by atoms with Crippen molar-refractivity contribution in [3.63, 3.8) is 0 Å². The standard InChI is InChI=1S/C23H23N3OS.ClH/c1-28-22-19(7-4-10-24-22)21(27)26-20(23-12-15(13-23)14-25-23)18-9-8-16-5-2-3-6-17(16)11-18;/h2-11,15,20,25H,12-14H2,1H3,(H,26,27);1H. The molecule has 2 bridgehead atoms. The SMILES string of the molecule is CSc1ncccc1C(=O)NC(c1ccc2ccccc2c1)C12CC(CN1)C2.Cl. The first-order valence-corrected chi connectivity index (χ1v) is 10.9. The Morgan fingerprint density at radius 1 is 1.17 bits per heavy atom. The van der Waals surface area contributed by atoms with Crippen LogP contribution < -0.4 is 10.6 Å². The molecular formula is C23H24ClN3OS. The van der Waals surface area contributed by atoms with Crippen molar-refractivity contribution in [3.8, 4) is 0 Å². The highest BCUT2D eigenvalue weighted by Crippen LogP contribution is 2.51. The van der Waals surface area contributed by atoms with Crippen LogP contribution in [0.4, 0.5) is 0 Å². The molecule has 6 heteroatoms. The number of hydrogen-bond acceptors (Lipinski definition) is 4. The van der Waals surface area contributed by atoms with Crippen molar-refractivity contribution in [3.05, 3.63) is 71.9 Å². The number of thioether (sulfide) groups is 1. The summed E-state index contributed by atoms with van der Waals surface area (Å²) in [6, 6.07) is 18.5. The van der Waals surface area contributed by atoms with Gasteiger partial charge < -0.3 is 10.6 Å². The quantitative estimate of drug-likeness (QED) is 0.586. The zero-order valence-corrected chi connectivity index (χ0v) is 17.9. The zero-order valence-electron chi connectivity index (χ0n) is 16.2. The van der Waals surface area contributed by atoms with E-state index in [1.54, 1.807) is 6.20 Å². The average Bonchev–Trinajstić information content (AvgIpc) is 3.33. The molecule has 2 aliphatic heterocycles. The third-order valence-electron chi connectivity index (χ3n) is 6.19. The van der Waals surface area contributed by atoms with Gasteiger partial charge in [-0.05, 0) is 66.1 Å². The van der Waals surface area contributed by atoms with Crippen LogP contribution in [0.3, 0.4) is 0 Å². The number of fused-ring (bicyclic) bond motifs is 2. The lowest BCUT2D eigenvalue weighted by molar-refractivity contribution is 0.0859. The molecule has 0 spiro atoms. The third-order valence-corrected chi connectivity index (χ3v) is 6.90. The molecule has 1 saturated carbocycles. The van der Waals surface area contributed by atoms with Gasteiger partial charge in [-0.25, -0.2) is 4.98 Å². The van der Waals surface area contributed by atoms with E-state index in [0.717, 1.165) is 35.9 Å². The van der Waals surface area contributed by atoms with Gasteiger partial charge in [0.2, 0.25) is 0 Å². The first-order chi connectivity index (χ1) is 13.7. The van der Waals surface area contributed by atoms with Gasteiger partial charge in [-0.3, -0.25) is 4.79 Å². The Balaban J connectivity index is 0.00000205. The van der Waals surface area contributed by atoms with Crippen LogP contribution in [0.2, 0.25) is 0 Å². The molecule has 6 rings (SSSR count). The Hall–Kier alpha value is -2.08. The second-order valence-corrected chi connectivity index (χ2v) is 8.68. The summed E-state index contributed by atoms with van der Waals surface area (Å²) in [5.74, 6) is 0.683. The van der Waals surface area contributed by atoms with E-state index in [2.05, 4.69) is 58.1 Å². The number of carbonyl (C=O) groups excluding carboxylic acids is 1. The monoisotopic (exact) mass is 425 g/mol. The van der Waals surface area contributed by atoms with Crippen molar-refractivity contribution in [2.24, 2.45) is 5.92 Å². The van der Waals surface area contributed by atoms with Crippen LogP contribution in [0.5, 0.6) is 0 Å². The van der Waals surface area contributed by atoms with Crippen LogP contribution >= 0.6 is 24.2 Å². The topological polar surface area (TPSA) is 54.0 Å². The van der Waals surface area contributed by atoms with Crippen molar-refractivity contribution >= 4 is 40.8 Å². The summed E-state index contributed by atoms with van der Waals surface area (Å²) in [4.78, 5) is 17.5. The maximum atomic E-state index is 13.2. The van der Waals surface area contributed by atoms with Gasteiger partial charge >= 0.3 is 0 Å². The molecule has 1 atom stereocenters. The molecule has 3 aromatic rings. The summed E-state index contributed by atoms with van der Waals surface area (Å²) in [5, 5.41) is 10.2. The predicted octanol–water partition coefficient (Wildman–Crippen LogP) is 4.60. The van der Waals surface area contributed by atoms with E-state index in [1.807, 2.05) is 18.4 Å². The minimum absolute atomic E-state index is 0. The van der Waals surface area contributed by atoms with Crippen molar-refractivity contribution in [1.82, 2.24) is 15.6 Å². The summed E-state index contributed by atoms with van der Waals surface area (Å²) in [6.07, 6.45) is 5.92. The Morgan fingerprint density at radius 2 is 1.97 bits per heavy atom. The van der Waals surface area contributed by atoms with E-state index in [9.17, 15) is 4.79 Å². The third kappa shape index (κ3) is 3.52. The van der Waals surface area contributed by atoms with E-state index >= 15 is 0 Å². The maximum absolute atomic E-state index is 13.2. The van der Waals surface area contributed by atoms with Gasteiger partial charge in [-0.2, -0.15) is 0 Å². The number of nitrogens with zero attached hydrogens (tertiary/aromatic N) is 1. The first-order valence-electron chi connectivity index (χ1n) is 9.72. The maximum Gasteiger partial charge on any atom is 0.254 e. The second kappa shape index (κ2) is 7.98. The molecule has 3 fully saturated rings. The lowest BCUT2D eigenvalue weighted by atomic mass is 9.67. The smallest absolute Gasteiger partial charge is 0.254 e. The number of nitrogens with one attached hydrogen (secondary N) is 2. The number of carbonyl (C=O) groups is 1. The molecule has 150 valence electrons. The van der Waals surface area contributed by atoms with E-state index in [0.29, 0.717) is 5.56 Å². The molecular weight excluding hydrogens is 402 g/mol. The van der Waals surface area contributed by atoms with E-state index in [4.69, 9.17) is 0 Å². The number of amides is 1. The second-order valence-electron chi connectivity index (χ2n) is 7.88. The largest absolute Gasteiger partial charge is 0.343 e. The summed E-state index contributed by atoms with van der Waals surface area (Å²) in [7, 11) is 0. The molecule has 2 saturated heterocycles. The summed E-state index contributed by atoms with van der Waals surface area (Å²) >= 11 is 1.50. The van der Waals surface area contributed by atoms with Crippen molar-refractivity contribution < 1.29 is 4.79 Å². The fraction of sp³-hybridized carbons (Fsp3) is 0.304. The lowest BCUT2D eigenvalue weighted by Gasteiger charge is -2.44. The lowest BCUT2D eigenvalue weighted by Crippen LogP contribution is -2.54. The number of rotatable bonds is 5. The minimum atomic E-state index is -0.0572. The van der Waals surface area contributed by atoms with Crippen molar-refractivity contribution in [2.75, 3.05) is 12.8 Å². The average molecular weight is 426 g/mol. The van der Waals surface area contributed by atoms with Gasteiger partial charge in [0.05, 0.1) is 11.6 Å². The molecule has 2 aromatic carbocycles. The highest BCUT2D eigenvalue weighted by molar-refractivity contribution is 7.98. The highest BCUT2D eigenvalue weighted by Gasteiger charge is 2.55. The van der Waals surface area contributed by atoms with Crippen LogP contribution in [0, 0.1) is 5.92 Å². The number of aromatic nitrogens is 1. The van der Waals surface area contributed by atoms with Gasteiger partial charge in [0, 0.05) is 11.7 Å². The molecule has 1 aromatic heterocycles. The molecule has 3 heterocycles. The fourth-order valence-corrected chi connectivity index (χ4v) is 5.35. The van der Waals surface area contributed by atoms with Gasteiger partial charge in [-0.15, -0.1) is 24.2 Å². The van der Waals surface area contributed by atoms with Crippen LogP contribution in [-0.4, -0.2) is 29.2 Å². The Kier molecular flexibility index (Phi) is 5.56. The number of pyridine rings is 1. The van der Waals surface area contributed by atoms with Crippen LogP contribution in [0.1, 0.15) is 34.8 Å². The molecule has 4 nitrogen and oxygen atoms in total. The Labute approximate surface area is 181 Å². The van der Waals surface area contributed by atoms with E-state index < -0.39 is 0 Å².